The van der Waals surface area contributed by atoms with E-state index in [0.717, 1.165) is 32.8 Å². The van der Waals surface area contributed by atoms with Gasteiger partial charge >= 0.3 is 6.18 Å². The van der Waals surface area contributed by atoms with Crippen molar-refractivity contribution >= 4 is 5.91 Å². The zero-order chi connectivity index (χ0) is 16.7. The molecule has 0 heterocycles. The number of hydrogen-bond acceptors (Lipinski definition) is 2. The Bertz CT molecular complexity index is 575. The van der Waals surface area contributed by atoms with Gasteiger partial charge < -0.3 is 10.1 Å². The average Bonchev–Trinajstić information content (AvgIpc) is 3.11. The molecular weight excluding hydrogens is 307 g/mol. The van der Waals surface area contributed by atoms with Crippen LogP contribution in [0.1, 0.15) is 31.2 Å². The minimum atomic E-state index is -4.84. The molecule has 2 aliphatic carbocycles. The minimum Gasteiger partial charge on any atom is -0.356 e. The number of carbonyl (C=O) groups excluding carboxylic acids is 1. The molecule has 1 N–H and O–H groups in total. The number of hydrogen-bond donors (Lipinski definition) is 1. The third-order valence-corrected chi connectivity index (χ3v) is 5.26. The van der Waals surface area contributed by atoms with E-state index in [1.165, 1.54) is 24.3 Å². The van der Waals surface area contributed by atoms with E-state index in [2.05, 4.69) is 5.32 Å². The Morgan fingerprint density at radius 1 is 1.17 bits per heavy atom. The Labute approximate surface area is 133 Å². The first-order valence-electron chi connectivity index (χ1n) is 7.87. The van der Waals surface area contributed by atoms with Crippen LogP contribution in [-0.2, 0) is 15.1 Å². The summed E-state index contributed by atoms with van der Waals surface area (Å²) < 4.78 is 46.2. The molecule has 0 radical (unpaired) electrons. The van der Waals surface area contributed by atoms with Crippen LogP contribution in [0.5, 0.6) is 0 Å². The molecule has 2 fully saturated rings. The number of amides is 1. The van der Waals surface area contributed by atoms with Crippen molar-refractivity contribution in [3.63, 3.8) is 0 Å². The number of methoxy groups -OCH3 is 1. The Morgan fingerprint density at radius 3 is 2.35 bits per heavy atom. The van der Waals surface area contributed by atoms with Crippen molar-refractivity contribution in [3.05, 3.63) is 35.9 Å². The van der Waals surface area contributed by atoms with Gasteiger partial charge in [-0.05, 0) is 31.1 Å². The molecule has 0 aromatic heterocycles. The molecule has 2 bridgehead atoms. The maximum absolute atomic E-state index is 13.8. The monoisotopic (exact) mass is 327 g/mol. The van der Waals surface area contributed by atoms with Gasteiger partial charge in [0.15, 0.2) is 0 Å². The molecule has 6 heteroatoms. The lowest BCUT2D eigenvalue weighted by Gasteiger charge is -2.35. The summed E-state index contributed by atoms with van der Waals surface area (Å²) in [4.78, 5) is 12.6. The molecule has 23 heavy (non-hydrogen) atoms. The molecule has 2 saturated carbocycles. The summed E-state index contributed by atoms with van der Waals surface area (Å²) in [5.74, 6) is -0.288. The van der Waals surface area contributed by atoms with Gasteiger partial charge in [-0.25, -0.2) is 0 Å². The van der Waals surface area contributed by atoms with Crippen molar-refractivity contribution in [2.45, 2.75) is 43.5 Å². The van der Waals surface area contributed by atoms with Crippen LogP contribution >= 0.6 is 0 Å². The molecule has 2 aliphatic rings. The third kappa shape index (κ3) is 2.63. The van der Waals surface area contributed by atoms with Crippen molar-refractivity contribution in [3.8, 4) is 0 Å². The molecular formula is C17H20F3NO2. The molecule has 0 unspecified atom stereocenters. The molecule has 3 nitrogen and oxygen atoms in total. The summed E-state index contributed by atoms with van der Waals surface area (Å²) in [5.41, 5.74) is -3.16. The zero-order valence-corrected chi connectivity index (χ0v) is 12.9. The molecule has 126 valence electrons. The Morgan fingerprint density at radius 2 is 1.87 bits per heavy atom. The molecule has 0 spiro atoms. The van der Waals surface area contributed by atoms with Crippen LogP contribution in [0.25, 0.3) is 0 Å². The Kier molecular flexibility index (Phi) is 4.12. The van der Waals surface area contributed by atoms with Crippen LogP contribution in [0.3, 0.4) is 0 Å². The van der Waals surface area contributed by atoms with Crippen LogP contribution in [-0.4, -0.2) is 25.2 Å². The minimum absolute atomic E-state index is 0.179. The van der Waals surface area contributed by atoms with Gasteiger partial charge in [0.2, 0.25) is 0 Å². The highest BCUT2D eigenvalue weighted by Crippen LogP contribution is 2.46. The lowest BCUT2D eigenvalue weighted by atomic mass is 9.89. The summed E-state index contributed by atoms with van der Waals surface area (Å²) in [6.07, 6.45) is -0.979. The maximum Gasteiger partial charge on any atom is 0.430 e. The van der Waals surface area contributed by atoms with Crippen molar-refractivity contribution in [2.24, 2.45) is 11.8 Å². The normalized spacial score (nSPS) is 29.3. The fourth-order valence-electron chi connectivity index (χ4n) is 4.11. The Balaban J connectivity index is 1.90. The standard InChI is InChI=1S/C17H20F3NO2/c1-23-16(17(18,19)20,13-5-3-2-4-6-13)15(22)21-14-10-11-7-8-12(14)9-11/h2-6,11-12,14H,7-10H2,1H3,(H,21,22)/t11-,12+,14-,16+/m1/s1. The van der Waals surface area contributed by atoms with E-state index in [4.69, 9.17) is 4.74 Å². The van der Waals surface area contributed by atoms with Crippen LogP contribution in [0, 0.1) is 11.8 Å². The quantitative estimate of drug-likeness (QED) is 0.920. The van der Waals surface area contributed by atoms with E-state index in [0.29, 0.717) is 11.8 Å². The lowest BCUT2D eigenvalue weighted by molar-refractivity contribution is -0.266. The van der Waals surface area contributed by atoms with Gasteiger partial charge in [-0.15, -0.1) is 0 Å². The van der Waals surface area contributed by atoms with Crippen LogP contribution in [0.2, 0.25) is 0 Å². The van der Waals surface area contributed by atoms with E-state index in [-0.39, 0.29) is 11.6 Å². The van der Waals surface area contributed by atoms with Gasteiger partial charge in [-0.2, -0.15) is 13.2 Å². The average molecular weight is 327 g/mol. The Hall–Kier alpha value is -1.56. The number of carbonyl (C=O) groups is 1. The summed E-state index contributed by atoms with van der Waals surface area (Å²) in [6.45, 7) is 0. The SMILES string of the molecule is CO[C@](C(=O)N[C@@H]1C[C@@H]2CC[C@H]1C2)(c1ccccc1)C(F)(F)F. The van der Waals surface area contributed by atoms with Gasteiger partial charge in [-0.3, -0.25) is 4.79 Å². The molecule has 1 aromatic carbocycles. The third-order valence-electron chi connectivity index (χ3n) is 5.26. The van der Waals surface area contributed by atoms with Gasteiger partial charge in [0.05, 0.1) is 0 Å². The first-order valence-corrected chi connectivity index (χ1v) is 7.87. The highest BCUT2D eigenvalue weighted by molar-refractivity contribution is 5.88. The van der Waals surface area contributed by atoms with E-state index in [1.807, 2.05) is 0 Å². The number of halogens is 3. The van der Waals surface area contributed by atoms with E-state index < -0.39 is 17.7 Å². The number of benzene rings is 1. The first-order chi connectivity index (χ1) is 10.9. The topological polar surface area (TPSA) is 38.3 Å². The molecule has 3 rings (SSSR count). The van der Waals surface area contributed by atoms with Gasteiger partial charge in [0, 0.05) is 18.7 Å². The van der Waals surface area contributed by atoms with Crippen LogP contribution in [0.15, 0.2) is 30.3 Å². The summed E-state index contributed by atoms with van der Waals surface area (Å²) in [6, 6.07) is 6.92. The number of alkyl halides is 3. The predicted molar refractivity (Wildman–Crippen MR) is 78.6 cm³/mol. The molecule has 1 amide bonds. The summed E-state index contributed by atoms with van der Waals surface area (Å²) in [7, 11) is 0.931. The molecule has 0 saturated heterocycles. The highest BCUT2D eigenvalue weighted by Gasteiger charge is 2.63. The second-order valence-electron chi connectivity index (χ2n) is 6.50. The number of ether oxygens (including phenoxy) is 1. The largest absolute Gasteiger partial charge is 0.430 e. The van der Waals surface area contributed by atoms with Crippen molar-refractivity contribution in [1.29, 1.82) is 0 Å². The fraction of sp³-hybridized carbons (Fsp3) is 0.588. The van der Waals surface area contributed by atoms with Crippen molar-refractivity contribution < 1.29 is 22.7 Å². The van der Waals surface area contributed by atoms with Crippen LogP contribution < -0.4 is 5.32 Å². The van der Waals surface area contributed by atoms with Crippen molar-refractivity contribution in [2.75, 3.05) is 7.11 Å². The van der Waals surface area contributed by atoms with E-state index in [9.17, 15) is 18.0 Å². The molecule has 1 aromatic rings. The fourth-order valence-corrected chi connectivity index (χ4v) is 4.11. The zero-order valence-electron chi connectivity index (χ0n) is 12.9. The van der Waals surface area contributed by atoms with E-state index >= 15 is 0 Å². The van der Waals surface area contributed by atoms with Crippen molar-refractivity contribution in [1.82, 2.24) is 5.32 Å². The second kappa shape index (κ2) is 5.82. The summed E-state index contributed by atoms with van der Waals surface area (Å²) in [5, 5.41) is 2.62. The van der Waals surface area contributed by atoms with Gasteiger partial charge in [0.25, 0.3) is 11.5 Å². The number of fused-ring (bicyclic) bond motifs is 2. The molecule has 4 atom stereocenters. The lowest BCUT2D eigenvalue weighted by Crippen LogP contribution is -2.58. The number of rotatable bonds is 4. The predicted octanol–water partition coefficient (Wildman–Crippen LogP) is 3.40. The second-order valence-corrected chi connectivity index (χ2v) is 6.50. The van der Waals surface area contributed by atoms with Gasteiger partial charge in [-0.1, -0.05) is 36.8 Å². The molecule has 0 aliphatic heterocycles. The maximum atomic E-state index is 13.8. The first kappa shape index (κ1) is 16.3. The summed E-state index contributed by atoms with van der Waals surface area (Å²) >= 11 is 0. The van der Waals surface area contributed by atoms with E-state index in [1.54, 1.807) is 6.07 Å². The number of nitrogens with one attached hydrogen (secondary N) is 1. The van der Waals surface area contributed by atoms with Gasteiger partial charge in [0.1, 0.15) is 0 Å². The van der Waals surface area contributed by atoms with Crippen LogP contribution in [0.4, 0.5) is 13.2 Å². The highest BCUT2D eigenvalue weighted by atomic mass is 19.4. The smallest absolute Gasteiger partial charge is 0.356 e.